The first-order valence-electron chi connectivity index (χ1n) is 5.17. The molecule has 1 N–H and O–H groups in total. The van der Waals surface area contributed by atoms with Gasteiger partial charge in [-0.2, -0.15) is 0 Å². The van der Waals surface area contributed by atoms with Crippen LogP contribution in [0.25, 0.3) is 0 Å². The van der Waals surface area contributed by atoms with E-state index in [1.807, 2.05) is 6.07 Å². The fourth-order valence-corrected chi connectivity index (χ4v) is 1.79. The minimum Gasteiger partial charge on any atom is -0.493 e. The molecule has 90 valence electrons. The molecule has 0 unspecified atom stereocenters. The van der Waals surface area contributed by atoms with Crippen molar-refractivity contribution in [3.8, 4) is 11.5 Å². The van der Waals surface area contributed by atoms with Crippen LogP contribution in [0.4, 0.5) is 0 Å². The van der Waals surface area contributed by atoms with Crippen molar-refractivity contribution in [1.29, 1.82) is 0 Å². The molecule has 1 aromatic rings. The van der Waals surface area contributed by atoms with Crippen LogP contribution >= 0.6 is 11.6 Å². The molecule has 16 heavy (non-hydrogen) atoms. The Morgan fingerprint density at radius 1 is 1.31 bits per heavy atom. The number of halogens is 1. The summed E-state index contributed by atoms with van der Waals surface area (Å²) < 4.78 is 10.5. The Bertz CT molecular complexity index is 350. The molecule has 0 heterocycles. The van der Waals surface area contributed by atoms with E-state index in [0.717, 1.165) is 5.56 Å². The Hall–Kier alpha value is -0.930. The van der Waals surface area contributed by atoms with Gasteiger partial charge in [-0.25, -0.2) is 0 Å². The Labute approximate surface area is 101 Å². The molecule has 0 bridgehead atoms. The van der Waals surface area contributed by atoms with Crippen LogP contribution in [0.2, 0.25) is 5.02 Å². The second kappa shape index (κ2) is 5.97. The zero-order valence-corrected chi connectivity index (χ0v) is 10.5. The summed E-state index contributed by atoms with van der Waals surface area (Å²) in [6.45, 7) is 1.76. The van der Waals surface area contributed by atoms with Gasteiger partial charge in [0.25, 0.3) is 0 Å². The Morgan fingerprint density at radius 2 is 2.00 bits per heavy atom. The van der Waals surface area contributed by atoms with Gasteiger partial charge in [-0.1, -0.05) is 11.6 Å². The summed E-state index contributed by atoms with van der Waals surface area (Å²) in [7, 11) is 3.17. The van der Waals surface area contributed by atoms with Gasteiger partial charge in [0.05, 0.1) is 20.3 Å². The van der Waals surface area contributed by atoms with Crippen molar-refractivity contribution in [2.75, 3.05) is 14.2 Å². The maximum absolute atomic E-state index is 9.27. The van der Waals surface area contributed by atoms with E-state index >= 15 is 0 Å². The Kier molecular flexibility index (Phi) is 4.90. The third-order valence-electron chi connectivity index (χ3n) is 2.35. The summed E-state index contributed by atoms with van der Waals surface area (Å²) in [5, 5.41) is 9.88. The predicted molar refractivity (Wildman–Crippen MR) is 64.6 cm³/mol. The molecular formula is C12H17ClO3. The van der Waals surface area contributed by atoms with E-state index in [9.17, 15) is 5.11 Å². The van der Waals surface area contributed by atoms with E-state index in [1.54, 1.807) is 27.2 Å². The maximum Gasteiger partial charge on any atom is 0.164 e. The number of hydrogen-bond acceptors (Lipinski definition) is 3. The van der Waals surface area contributed by atoms with Gasteiger partial charge in [0, 0.05) is 11.1 Å². The first-order valence-corrected chi connectivity index (χ1v) is 5.54. The normalized spacial score (nSPS) is 12.3. The number of aliphatic hydroxyl groups is 1. The zero-order chi connectivity index (χ0) is 12.1. The average molecular weight is 245 g/mol. The minimum atomic E-state index is -0.338. The van der Waals surface area contributed by atoms with Crippen LogP contribution in [0.1, 0.15) is 18.9 Å². The molecule has 1 rings (SSSR count). The topological polar surface area (TPSA) is 38.7 Å². The van der Waals surface area contributed by atoms with Gasteiger partial charge < -0.3 is 14.6 Å². The number of aryl methyl sites for hydroxylation is 1. The van der Waals surface area contributed by atoms with Gasteiger partial charge in [0.2, 0.25) is 0 Å². The monoisotopic (exact) mass is 244 g/mol. The summed E-state index contributed by atoms with van der Waals surface area (Å²) in [6, 6.07) is 3.55. The molecular weight excluding hydrogens is 228 g/mol. The third-order valence-corrected chi connectivity index (χ3v) is 2.57. The molecule has 4 heteroatoms. The predicted octanol–water partition coefficient (Wildman–Crippen LogP) is 2.67. The molecule has 0 aliphatic heterocycles. The fourth-order valence-electron chi connectivity index (χ4n) is 1.56. The van der Waals surface area contributed by atoms with Gasteiger partial charge >= 0.3 is 0 Å². The molecule has 3 nitrogen and oxygen atoms in total. The van der Waals surface area contributed by atoms with Gasteiger partial charge in [0.1, 0.15) is 0 Å². The van der Waals surface area contributed by atoms with E-state index in [0.29, 0.717) is 29.4 Å². The molecule has 0 fully saturated rings. The van der Waals surface area contributed by atoms with Gasteiger partial charge in [-0.15, -0.1) is 0 Å². The molecule has 0 radical (unpaired) electrons. The van der Waals surface area contributed by atoms with Crippen LogP contribution in [-0.4, -0.2) is 25.4 Å². The molecule has 0 aliphatic carbocycles. The lowest BCUT2D eigenvalue weighted by atomic mass is 10.1. The van der Waals surface area contributed by atoms with Crippen molar-refractivity contribution < 1.29 is 14.6 Å². The van der Waals surface area contributed by atoms with Crippen LogP contribution in [0.15, 0.2) is 12.1 Å². The number of rotatable bonds is 5. The fraction of sp³-hybridized carbons (Fsp3) is 0.500. The third kappa shape index (κ3) is 3.29. The number of benzene rings is 1. The van der Waals surface area contributed by atoms with Crippen LogP contribution in [0.3, 0.4) is 0 Å². The minimum absolute atomic E-state index is 0.338. The molecule has 1 atom stereocenters. The van der Waals surface area contributed by atoms with Crippen molar-refractivity contribution >= 4 is 11.6 Å². The highest BCUT2D eigenvalue weighted by Crippen LogP contribution is 2.35. The SMILES string of the molecule is COc1cc(Cl)cc(CC[C@H](C)O)c1OC. The van der Waals surface area contributed by atoms with E-state index in [-0.39, 0.29) is 6.10 Å². The molecule has 0 saturated carbocycles. The zero-order valence-electron chi connectivity index (χ0n) is 9.79. The molecule has 0 amide bonds. The van der Waals surface area contributed by atoms with Crippen molar-refractivity contribution in [3.05, 3.63) is 22.7 Å². The second-order valence-corrected chi connectivity index (χ2v) is 4.12. The average Bonchev–Trinajstić information content (AvgIpc) is 2.25. The lowest BCUT2D eigenvalue weighted by Crippen LogP contribution is -2.03. The molecule has 0 spiro atoms. The number of hydrogen-bond donors (Lipinski definition) is 1. The summed E-state index contributed by atoms with van der Waals surface area (Å²) in [6.07, 6.45) is 1.03. The van der Waals surface area contributed by atoms with Crippen LogP contribution in [0, 0.1) is 0 Å². The van der Waals surface area contributed by atoms with E-state index < -0.39 is 0 Å². The molecule has 0 aliphatic rings. The van der Waals surface area contributed by atoms with Crippen LogP contribution in [-0.2, 0) is 6.42 Å². The van der Waals surface area contributed by atoms with Gasteiger partial charge in [0.15, 0.2) is 11.5 Å². The van der Waals surface area contributed by atoms with Crippen molar-refractivity contribution in [1.82, 2.24) is 0 Å². The number of ether oxygens (including phenoxy) is 2. The summed E-state index contributed by atoms with van der Waals surface area (Å²) in [4.78, 5) is 0. The van der Waals surface area contributed by atoms with Crippen molar-refractivity contribution in [2.45, 2.75) is 25.9 Å². The van der Waals surface area contributed by atoms with Crippen molar-refractivity contribution in [2.24, 2.45) is 0 Å². The second-order valence-electron chi connectivity index (χ2n) is 3.69. The first-order chi connectivity index (χ1) is 7.58. The van der Waals surface area contributed by atoms with Gasteiger partial charge in [-0.3, -0.25) is 0 Å². The van der Waals surface area contributed by atoms with Gasteiger partial charge in [-0.05, 0) is 31.4 Å². The van der Waals surface area contributed by atoms with E-state index in [1.165, 1.54) is 0 Å². The number of aliphatic hydroxyl groups excluding tert-OH is 1. The van der Waals surface area contributed by atoms with Crippen molar-refractivity contribution in [3.63, 3.8) is 0 Å². The summed E-state index contributed by atoms with van der Waals surface area (Å²) in [5.41, 5.74) is 0.952. The highest BCUT2D eigenvalue weighted by atomic mass is 35.5. The van der Waals surface area contributed by atoms with Crippen LogP contribution in [0.5, 0.6) is 11.5 Å². The van der Waals surface area contributed by atoms with Crippen LogP contribution < -0.4 is 9.47 Å². The Balaban J connectivity index is 3.00. The standard InChI is InChI=1S/C12H17ClO3/c1-8(14)4-5-9-6-10(13)7-11(15-2)12(9)16-3/h6-8,14H,4-5H2,1-3H3/t8-/m0/s1. The largest absolute Gasteiger partial charge is 0.493 e. The first kappa shape index (κ1) is 13.1. The quantitative estimate of drug-likeness (QED) is 0.866. The Morgan fingerprint density at radius 3 is 2.50 bits per heavy atom. The lowest BCUT2D eigenvalue weighted by molar-refractivity contribution is 0.184. The lowest BCUT2D eigenvalue weighted by Gasteiger charge is -2.14. The van der Waals surface area contributed by atoms with E-state index in [4.69, 9.17) is 21.1 Å². The summed E-state index contributed by atoms with van der Waals surface area (Å²) >= 11 is 5.97. The molecule has 1 aromatic carbocycles. The molecule has 0 saturated heterocycles. The highest BCUT2D eigenvalue weighted by molar-refractivity contribution is 6.30. The molecule has 0 aromatic heterocycles. The van der Waals surface area contributed by atoms with E-state index in [2.05, 4.69) is 0 Å². The number of methoxy groups -OCH3 is 2. The maximum atomic E-state index is 9.27. The highest BCUT2D eigenvalue weighted by Gasteiger charge is 2.12. The smallest absolute Gasteiger partial charge is 0.164 e. The summed E-state index contributed by atoms with van der Waals surface area (Å²) in [5.74, 6) is 1.31.